The Morgan fingerprint density at radius 2 is 1.95 bits per heavy atom. The molecular formula is C12H18N2O3S2. The Balaban J connectivity index is 1.73. The predicted molar refractivity (Wildman–Crippen MR) is 77.5 cm³/mol. The van der Waals surface area contributed by atoms with Crippen molar-refractivity contribution in [3.63, 3.8) is 0 Å². The van der Waals surface area contributed by atoms with E-state index in [1.807, 2.05) is 12.1 Å². The molecule has 1 aliphatic carbocycles. The molecule has 1 aromatic carbocycles. The van der Waals surface area contributed by atoms with Crippen LogP contribution < -0.4 is 10.5 Å². The average molecular weight is 302 g/mol. The number of nitrogens with two attached hydrogens (primary N) is 1. The molecule has 0 spiro atoms. The van der Waals surface area contributed by atoms with E-state index in [4.69, 9.17) is 10.8 Å². The Hall–Kier alpha value is -0.760. The van der Waals surface area contributed by atoms with E-state index in [9.17, 15) is 8.42 Å². The first-order valence-corrected chi connectivity index (χ1v) is 8.75. The first-order chi connectivity index (χ1) is 8.94. The van der Waals surface area contributed by atoms with Gasteiger partial charge in [0, 0.05) is 22.4 Å². The van der Waals surface area contributed by atoms with Gasteiger partial charge >= 0.3 is 0 Å². The number of sulfonamides is 1. The maximum absolute atomic E-state index is 11.8. The van der Waals surface area contributed by atoms with Crippen LogP contribution in [0.25, 0.3) is 0 Å². The van der Waals surface area contributed by atoms with Gasteiger partial charge in [-0.2, -0.15) is 0 Å². The van der Waals surface area contributed by atoms with Crippen LogP contribution in [-0.4, -0.2) is 37.2 Å². The van der Waals surface area contributed by atoms with Crippen molar-refractivity contribution in [3.8, 4) is 0 Å². The predicted octanol–water partition coefficient (Wildman–Crippen LogP) is 0.804. The lowest BCUT2D eigenvalue weighted by atomic mass is 9.91. The highest BCUT2D eigenvalue weighted by molar-refractivity contribution is 8.00. The minimum atomic E-state index is -3.25. The van der Waals surface area contributed by atoms with Crippen molar-refractivity contribution in [3.05, 3.63) is 24.3 Å². The zero-order valence-corrected chi connectivity index (χ0v) is 12.1. The summed E-state index contributed by atoms with van der Waals surface area (Å²) in [7, 11) is -3.25. The fourth-order valence-corrected chi connectivity index (χ4v) is 4.42. The van der Waals surface area contributed by atoms with Crippen molar-refractivity contribution >= 4 is 27.5 Å². The smallest absolute Gasteiger partial charge is 0.212 e. The summed E-state index contributed by atoms with van der Waals surface area (Å²) in [6.45, 7) is 0. The van der Waals surface area contributed by atoms with Gasteiger partial charge in [0.25, 0.3) is 0 Å². The molecule has 2 rings (SSSR count). The van der Waals surface area contributed by atoms with Crippen LogP contribution in [0.3, 0.4) is 0 Å². The number of nitrogens with one attached hydrogen (secondary N) is 1. The van der Waals surface area contributed by atoms with Gasteiger partial charge in [-0.1, -0.05) is 0 Å². The standard InChI is InChI=1S/C12H18N2O3S2/c13-9-1-3-12(4-2-9)18-5-6-19(16,17)14-10-7-11(15)8-10/h1-4,10-11,14-15H,5-8,13H2. The van der Waals surface area contributed by atoms with E-state index in [1.54, 1.807) is 12.1 Å². The van der Waals surface area contributed by atoms with Gasteiger partial charge in [0.05, 0.1) is 11.9 Å². The normalized spacial score (nSPS) is 23.0. The summed E-state index contributed by atoms with van der Waals surface area (Å²) in [5, 5.41) is 9.11. The number of aliphatic hydroxyl groups excluding tert-OH is 1. The third-order valence-electron chi connectivity index (χ3n) is 2.96. The van der Waals surface area contributed by atoms with Crippen LogP contribution >= 0.6 is 11.8 Å². The molecule has 0 atom stereocenters. The lowest BCUT2D eigenvalue weighted by Gasteiger charge is -2.31. The summed E-state index contributed by atoms with van der Waals surface area (Å²) in [4.78, 5) is 1.00. The number of anilines is 1. The minimum Gasteiger partial charge on any atom is -0.399 e. The monoisotopic (exact) mass is 302 g/mol. The molecule has 0 heterocycles. The maximum Gasteiger partial charge on any atom is 0.212 e. The second-order valence-corrected chi connectivity index (χ2v) is 7.72. The average Bonchev–Trinajstić information content (AvgIpc) is 2.29. The molecule has 0 aromatic heterocycles. The van der Waals surface area contributed by atoms with E-state index in [0.717, 1.165) is 4.90 Å². The Bertz CT molecular complexity index is 510. The maximum atomic E-state index is 11.8. The second-order valence-electron chi connectivity index (χ2n) is 4.68. The van der Waals surface area contributed by atoms with Crippen LogP contribution in [0, 0.1) is 0 Å². The molecule has 0 radical (unpaired) electrons. The van der Waals surface area contributed by atoms with Gasteiger partial charge < -0.3 is 10.8 Å². The third kappa shape index (κ3) is 4.68. The number of aliphatic hydroxyl groups is 1. The van der Waals surface area contributed by atoms with Crippen LogP contribution in [0.4, 0.5) is 5.69 Å². The highest BCUT2D eigenvalue weighted by Crippen LogP contribution is 2.21. The van der Waals surface area contributed by atoms with Crippen molar-refractivity contribution in [2.24, 2.45) is 0 Å². The summed E-state index contributed by atoms with van der Waals surface area (Å²) < 4.78 is 26.1. The fraction of sp³-hybridized carbons (Fsp3) is 0.500. The number of thioether (sulfide) groups is 1. The summed E-state index contributed by atoms with van der Waals surface area (Å²) in [6.07, 6.45) is 0.686. The first-order valence-electron chi connectivity index (χ1n) is 6.11. The molecule has 1 saturated carbocycles. The van der Waals surface area contributed by atoms with Crippen LogP contribution in [-0.2, 0) is 10.0 Å². The van der Waals surface area contributed by atoms with Gasteiger partial charge in [-0.15, -0.1) is 11.8 Å². The van der Waals surface area contributed by atoms with Gasteiger partial charge in [0.15, 0.2) is 0 Å². The minimum absolute atomic E-state index is 0.0780. The Kier molecular flexibility index (Phi) is 4.72. The van der Waals surface area contributed by atoms with Gasteiger partial charge in [-0.25, -0.2) is 13.1 Å². The largest absolute Gasteiger partial charge is 0.399 e. The van der Waals surface area contributed by atoms with Gasteiger partial charge in [-0.3, -0.25) is 0 Å². The topological polar surface area (TPSA) is 92.4 Å². The number of nitrogen functional groups attached to an aromatic ring is 1. The van der Waals surface area contributed by atoms with Crippen molar-refractivity contribution in [2.45, 2.75) is 29.9 Å². The number of benzene rings is 1. The molecule has 1 aromatic rings. The number of rotatable bonds is 6. The first kappa shape index (κ1) is 14.6. The zero-order chi connectivity index (χ0) is 13.9. The lowest BCUT2D eigenvalue weighted by Crippen LogP contribution is -2.47. The van der Waals surface area contributed by atoms with E-state index in [1.165, 1.54) is 11.8 Å². The molecule has 5 nitrogen and oxygen atoms in total. The van der Waals surface area contributed by atoms with E-state index in [2.05, 4.69) is 4.72 Å². The van der Waals surface area contributed by atoms with Gasteiger partial charge in [-0.05, 0) is 37.1 Å². The highest BCUT2D eigenvalue weighted by Gasteiger charge is 2.30. The Labute approximate surface area is 117 Å². The summed E-state index contributed by atoms with van der Waals surface area (Å²) in [6, 6.07) is 7.25. The van der Waals surface area contributed by atoms with Crippen molar-refractivity contribution in [1.82, 2.24) is 4.72 Å². The highest BCUT2D eigenvalue weighted by atomic mass is 32.2. The molecule has 0 bridgehead atoms. The number of hydrogen-bond donors (Lipinski definition) is 3. The molecule has 0 unspecified atom stereocenters. The molecule has 106 valence electrons. The van der Waals surface area contributed by atoms with Gasteiger partial charge in [0.2, 0.25) is 10.0 Å². The molecule has 0 saturated heterocycles. The Morgan fingerprint density at radius 1 is 1.32 bits per heavy atom. The van der Waals surface area contributed by atoms with Crippen LogP contribution in [0.5, 0.6) is 0 Å². The molecule has 1 fully saturated rings. The summed E-state index contributed by atoms with van der Waals surface area (Å²) in [5.41, 5.74) is 6.27. The van der Waals surface area contributed by atoms with Crippen LogP contribution in [0.1, 0.15) is 12.8 Å². The van der Waals surface area contributed by atoms with E-state index >= 15 is 0 Å². The molecular weight excluding hydrogens is 284 g/mol. The summed E-state index contributed by atoms with van der Waals surface area (Å²) in [5.74, 6) is 0.573. The molecule has 7 heteroatoms. The van der Waals surface area contributed by atoms with Crippen molar-refractivity contribution in [2.75, 3.05) is 17.2 Å². The van der Waals surface area contributed by atoms with E-state index in [-0.39, 0.29) is 17.9 Å². The van der Waals surface area contributed by atoms with Crippen molar-refractivity contribution in [1.29, 1.82) is 0 Å². The molecule has 0 aliphatic heterocycles. The zero-order valence-electron chi connectivity index (χ0n) is 10.5. The Morgan fingerprint density at radius 3 is 2.53 bits per heavy atom. The van der Waals surface area contributed by atoms with Gasteiger partial charge in [0.1, 0.15) is 0 Å². The van der Waals surface area contributed by atoms with E-state index in [0.29, 0.717) is 24.3 Å². The summed E-state index contributed by atoms with van der Waals surface area (Å²) >= 11 is 1.49. The second kappa shape index (κ2) is 6.13. The fourth-order valence-electron chi connectivity index (χ4n) is 1.83. The molecule has 0 amide bonds. The van der Waals surface area contributed by atoms with Crippen molar-refractivity contribution < 1.29 is 13.5 Å². The molecule has 4 N–H and O–H groups in total. The third-order valence-corrected chi connectivity index (χ3v) is 5.67. The SMILES string of the molecule is Nc1ccc(SCCS(=O)(=O)NC2CC(O)C2)cc1. The molecule has 19 heavy (non-hydrogen) atoms. The van der Waals surface area contributed by atoms with E-state index < -0.39 is 10.0 Å². The van der Waals surface area contributed by atoms with Crippen LogP contribution in [0.15, 0.2) is 29.2 Å². The van der Waals surface area contributed by atoms with Crippen LogP contribution in [0.2, 0.25) is 0 Å². The number of hydrogen-bond acceptors (Lipinski definition) is 5. The molecule has 1 aliphatic rings. The lowest BCUT2D eigenvalue weighted by molar-refractivity contribution is 0.0712. The quantitative estimate of drug-likeness (QED) is 0.534.